The first-order valence-corrected chi connectivity index (χ1v) is 8.61. The maximum Gasteiger partial charge on any atom is 0.242 e. The summed E-state index contributed by atoms with van der Waals surface area (Å²) < 4.78 is 0. The first kappa shape index (κ1) is 17.2. The van der Waals surface area contributed by atoms with E-state index in [0.717, 1.165) is 12.1 Å². The molecule has 0 saturated heterocycles. The van der Waals surface area contributed by atoms with Crippen LogP contribution in [0.25, 0.3) is 0 Å². The van der Waals surface area contributed by atoms with Crippen molar-refractivity contribution in [3.8, 4) is 0 Å². The van der Waals surface area contributed by atoms with Crippen molar-refractivity contribution in [2.45, 2.75) is 19.3 Å². The van der Waals surface area contributed by atoms with E-state index in [4.69, 9.17) is 0 Å². The van der Waals surface area contributed by atoms with Crippen molar-refractivity contribution >= 4 is 17.5 Å². The molecule has 0 bridgehead atoms. The average Bonchev–Trinajstić information content (AvgIpc) is 3.40. The van der Waals surface area contributed by atoms with Crippen LogP contribution in [-0.4, -0.2) is 37.4 Å². The second-order valence-corrected chi connectivity index (χ2v) is 6.85. The van der Waals surface area contributed by atoms with Gasteiger partial charge in [0.2, 0.25) is 11.8 Å². The molecule has 2 aromatic carbocycles. The van der Waals surface area contributed by atoms with Crippen molar-refractivity contribution in [1.29, 1.82) is 0 Å². The van der Waals surface area contributed by atoms with E-state index in [1.807, 2.05) is 42.5 Å². The van der Waals surface area contributed by atoms with Crippen LogP contribution in [0.3, 0.4) is 0 Å². The number of amides is 2. The molecule has 0 spiro atoms. The van der Waals surface area contributed by atoms with Gasteiger partial charge in [-0.05, 0) is 42.5 Å². The lowest BCUT2D eigenvalue weighted by atomic mass is 10.0. The third kappa shape index (κ3) is 3.73. The number of anilines is 1. The minimum Gasteiger partial charge on any atom is -0.347 e. The molecule has 1 saturated carbocycles. The van der Waals surface area contributed by atoms with Crippen molar-refractivity contribution in [1.82, 2.24) is 4.90 Å². The standard InChI is InChI=1S/C21H24N2O2/c1-15-9-7-8-12-17(15)18-13-19(18)21(25)23(14-20(24)22(2)3)16-10-5-4-6-11-16/h4-12,18-19H,13-14H2,1-3H3. The quantitative estimate of drug-likeness (QED) is 0.841. The molecular weight excluding hydrogens is 312 g/mol. The molecule has 2 atom stereocenters. The van der Waals surface area contributed by atoms with Gasteiger partial charge in [-0.1, -0.05) is 42.5 Å². The van der Waals surface area contributed by atoms with Crippen molar-refractivity contribution in [2.24, 2.45) is 5.92 Å². The predicted molar refractivity (Wildman–Crippen MR) is 99.5 cm³/mol. The van der Waals surface area contributed by atoms with E-state index in [-0.39, 0.29) is 30.2 Å². The van der Waals surface area contributed by atoms with Gasteiger partial charge in [-0.25, -0.2) is 0 Å². The molecule has 1 fully saturated rings. The van der Waals surface area contributed by atoms with Crippen LogP contribution in [0.4, 0.5) is 5.69 Å². The summed E-state index contributed by atoms with van der Waals surface area (Å²) in [5, 5.41) is 0. The van der Waals surface area contributed by atoms with Gasteiger partial charge in [-0.15, -0.1) is 0 Å². The Balaban J connectivity index is 1.81. The average molecular weight is 336 g/mol. The number of aryl methyl sites for hydroxylation is 1. The number of rotatable bonds is 5. The molecule has 0 aromatic heterocycles. The summed E-state index contributed by atoms with van der Waals surface area (Å²) in [7, 11) is 3.42. The molecule has 130 valence electrons. The molecule has 0 aliphatic heterocycles. The monoisotopic (exact) mass is 336 g/mol. The molecule has 1 aliphatic rings. The first-order valence-electron chi connectivity index (χ1n) is 8.61. The Morgan fingerprint density at radius 2 is 1.64 bits per heavy atom. The Labute approximate surface area is 149 Å². The summed E-state index contributed by atoms with van der Waals surface area (Å²) >= 11 is 0. The zero-order valence-corrected chi connectivity index (χ0v) is 15.0. The summed E-state index contributed by atoms with van der Waals surface area (Å²) in [6.07, 6.45) is 0.850. The fourth-order valence-corrected chi connectivity index (χ4v) is 3.20. The highest BCUT2D eigenvalue weighted by Crippen LogP contribution is 2.49. The van der Waals surface area contributed by atoms with E-state index in [1.54, 1.807) is 19.0 Å². The summed E-state index contributed by atoms with van der Waals surface area (Å²) in [6, 6.07) is 17.7. The van der Waals surface area contributed by atoms with Gasteiger partial charge in [-0.3, -0.25) is 9.59 Å². The lowest BCUT2D eigenvalue weighted by molar-refractivity contribution is -0.129. The molecule has 25 heavy (non-hydrogen) atoms. The number of para-hydroxylation sites is 1. The topological polar surface area (TPSA) is 40.6 Å². The predicted octanol–water partition coefficient (Wildman–Crippen LogP) is 3.22. The van der Waals surface area contributed by atoms with Crippen LogP contribution in [0.5, 0.6) is 0 Å². The third-order valence-corrected chi connectivity index (χ3v) is 4.82. The molecule has 2 unspecified atom stereocenters. The molecular formula is C21H24N2O2. The van der Waals surface area contributed by atoms with Gasteiger partial charge < -0.3 is 9.80 Å². The van der Waals surface area contributed by atoms with E-state index in [0.29, 0.717) is 0 Å². The van der Waals surface area contributed by atoms with Crippen molar-refractivity contribution in [3.05, 3.63) is 65.7 Å². The SMILES string of the molecule is Cc1ccccc1C1CC1C(=O)N(CC(=O)N(C)C)c1ccccc1. The van der Waals surface area contributed by atoms with Gasteiger partial charge >= 0.3 is 0 Å². The number of carbonyl (C=O) groups is 2. The fourth-order valence-electron chi connectivity index (χ4n) is 3.20. The number of nitrogens with zero attached hydrogens (tertiary/aromatic N) is 2. The number of hydrogen-bond acceptors (Lipinski definition) is 2. The molecule has 2 aromatic rings. The van der Waals surface area contributed by atoms with Crippen LogP contribution in [0, 0.1) is 12.8 Å². The Bertz CT molecular complexity index is 770. The summed E-state index contributed by atoms with van der Waals surface area (Å²) in [6.45, 7) is 2.16. The molecule has 1 aliphatic carbocycles. The van der Waals surface area contributed by atoms with E-state index in [9.17, 15) is 9.59 Å². The number of likely N-dealkylation sites (N-methyl/N-ethyl adjacent to an activating group) is 1. The maximum atomic E-state index is 13.1. The fraction of sp³-hybridized carbons (Fsp3) is 0.333. The highest BCUT2D eigenvalue weighted by molar-refractivity contribution is 6.01. The Kier molecular flexibility index (Phi) is 4.88. The number of carbonyl (C=O) groups excluding carboxylic acids is 2. The lowest BCUT2D eigenvalue weighted by Crippen LogP contribution is -2.41. The van der Waals surface area contributed by atoms with E-state index in [1.165, 1.54) is 16.0 Å². The van der Waals surface area contributed by atoms with E-state index >= 15 is 0 Å². The zero-order chi connectivity index (χ0) is 18.0. The Hall–Kier alpha value is -2.62. The Morgan fingerprint density at radius 1 is 1.00 bits per heavy atom. The summed E-state index contributed by atoms with van der Waals surface area (Å²) in [5.41, 5.74) is 3.24. The molecule has 3 rings (SSSR count). The smallest absolute Gasteiger partial charge is 0.242 e. The maximum absolute atomic E-state index is 13.1. The van der Waals surface area contributed by atoms with Crippen molar-refractivity contribution in [3.63, 3.8) is 0 Å². The van der Waals surface area contributed by atoms with Crippen LogP contribution >= 0.6 is 0 Å². The summed E-state index contributed by atoms with van der Waals surface area (Å²) in [5.74, 6) is 0.172. The highest BCUT2D eigenvalue weighted by Gasteiger charge is 2.46. The highest BCUT2D eigenvalue weighted by atomic mass is 16.2. The van der Waals surface area contributed by atoms with Crippen molar-refractivity contribution < 1.29 is 9.59 Å². The summed E-state index contributed by atoms with van der Waals surface area (Å²) in [4.78, 5) is 28.5. The van der Waals surface area contributed by atoms with Crippen LogP contribution in [0.2, 0.25) is 0 Å². The minimum absolute atomic E-state index is 0.0367. The third-order valence-electron chi connectivity index (χ3n) is 4.82. The molecule has 4 nitrogen and oxygen atoms in total. The van der Waals surface area contributed by atoms with Gasteiger partial charge in [-0.2, -0.15) is 0 Å². The normalized spacial score (nSPS) is 18.5. The number of hydrogen-bond donors (Lipinski definition) is 0. The van der Waals surface area contributed by atoms with Gasteiger partial charge in [0, 0.05) is 25.7 Å². The second kappa shape index (κ2) is 7.09. The van der Waals surface area contributed by atoms with Gasteiger partial charge in [0.15, 0.2) is 0 Å². The molecule has 0 N–H and O–H groups in total. The van der Waals surface area contributed by atoms with E-state index in [2.05, 4.69) is 19.1 Å². The van der Waals surface area contributed by atoms with Crippen LogP contribution in [0.1, 0.15) is 23.5 Å². The Morgan fingerprint density at radius 3 is 2.28 bits per heavy atom. The van der Waals surface area contributed by atoms with Crippen LogP contribution in [-0.2, 0) is 9.59 Å². The van der Waals surface area contributed by atoms with Crippen LogP contribution in [0.15, 0.2) is 54.6 Å². The lowest BCUT2D eigenvalue weighted by Gasteiger charge is -2.24. The molecule has 2 amide bonds. The first-order chi connectivity index (χ1) is 12.0. The van der Waals surface area contributed by atoms with Gasteiger partial charge in [0.25, 0.3) is 0 Å². The minimum atomic E-state index is -0.0784. The van der Waals surface area contributed by atoms with Crippen LogP contribution < -0.4 is 4.90 Å². The van der Waals surface area contributed by atoms with Gasteiger partial charge in [0.05, 0.1) is 0 Å². The molecule has 0 radical (unpaired) electrons. The molecule has 4 heteroatoms. The van der Waals surface area contributed by atoms with Gasteiger partial charge in [0.1, 0.15) is 6.54 Å². The molecule has 0 heterocycles. The number of benzene rings is 2. The van der Waals surface area contributed by atoms with E-state index < -0.39 is 0 Å². The zero-order valence-electron chi connectivity index (χ0n) is 15.0. The second-order valence-electron chi connectivity index (χ2n) is 6.85. The largest absolute Gasteiger partial charge is 0.347 e. The van der Waals surface area contributed by atoms with Crippen molar-refractivity contribution in [2.75, 3.05) is 25.5 Å².